The molecule has 3 aromatic carbocycles. The van der Waals surface area contributed by atoms with Gasteiger partial charge in [0.1, 0.15) is 12.4 Å². The minimum Gasteiger partial charge on any atom is -0.489 e. The largest absolute Gasteiger partial charge is 0.489 e. The fraction of sp³-hybridized carbons (Fsp3) is 0.125. The van der Waals surface area contributed by atoms with Crippen LogP contribution in [0.4, 0.5) is 0 Å². The zero-order valence-corrected chi connectivity index (χ0v) is 18.9. The minimum atomic E-state index is -1.03. The van der Waals surface area contributed by atoms with Gasteiger partial charge >= 0.3 is 5.97 Å². The van der Waals surface area contributed by atoms with Crippen LogP contribution in [0.1, 0.15) is 16.7 Å². The molecule has 1 N–H and O–H groups in total. The number of halogens is 3. The summed E-state index contributed by atoms with van der Waals surface area (Å²) >= 11 is 18.6. The van der Waals surface area contributed by atoms with Crippen molar-refractivity contribution in [3.63, 3.8) is 0 Å². The molecule has 0 atom stereocenters. The number of fused-ring (bicyclic) bond motifs is 1. The maximum Gasteiger partial charge on any atom is 0.331 e. The standard InChI is InChI=1S/C24H17Cl3O5/c25-19-2-1-3-20(26)18(19)12-30-17-6-4-14(5-7-17)8-16(24(28)29)9-15-10-22-23(11-21(15)27)32-13-31-22/h1-7,9-11H,8,12-13H2,(H,28,29)/b16-9+. The molecule has 0 aliphatic carbocycles. The van der Waals surface area contributed by atoms with Crippen molar-refractivity contribution in [2.24, 2.45) is 0 Å². The summed E-state index contributed by atoms with van der Waals surface area (Å²) in [6, 6.07) is 15.7. The zero-order chi connectivity index (χ0) is 22.7. The van der Waals surface area contributed by atoms with Crippen LogP contribution in [0.25, 0.3) is 6.08 Å². The Kier molecular flexibility index (Phi) is 6.80. The lowest BCUT2D eigenvalue weighted by molar-refractivity contribution is -0.132. The van der Waals surface area contributed by atoms with Crippen molar-refractivity contribution in [1.29, 1.82) is 0 Å². The van der Waals surface area contributed by atoms with Gasteiger partial charge in [-0.15, -0.1) is 0 Å². The molecule has 0 bridgehead atoms. The number of benzene rings is 3. The molecule has 0 amide bonds. The lowest BCUT2D eigenvalue weighted by Crippen LogP contribution is -2.04. The van der Waals surface area contributed by atoms with Gasteiger partial charge in [-0.3, -0.25) is 0 Å². The molecule has 3 aromatic rings. The van der Waals surface area contributed by atoms with Crippen LogP contribution >= 0.6 is 34.8 Å². The van der Waals surface area contributed by atoms with E-state index in [1.54, 1.807) is 42.5 Å². The predicted molar refractivity (Wildman–Crippen MR) is 124 cm³/mol. The second-order valence-electron chi connectivity index (χ2n) is 7.01. The van der Waals surface area contributed by atoms with Crippen molar-refractivity contribution in [1.82, 2.24) is 0 Å². The first-order valence-electron chi connectivity index (χ1n) is 9.58. The summed E-state index contributed by atoms with van der Waals surface area (Å²) in [6.45, 7) is 0.336. The first kappa shape index (κ1) is 22.3. The highest BCUT2D eigenvalue weighted by Gasteiger charge is 2.17. The van der Waals surface area contributed by atoms with E-state index in [4.69, 9.17) is 49.0 Å². The Bertz CT molecular complexity index is 1170. The number of carboxylic acids is 1. The third-order valence-electron chi connectivity index (χ3n) is 4.86. The van der Waals surface area contributed by atoms with Crippen molar-refractivity contribution in [3.05, 3.63) is 91.9 Å². The molecule has 1 heterocycles. The fourth-order valence-corrected chi connectivity index (χ4v) is 3.88. The Hall–Kier alpha value is -2.86. The molecule has 4 rings (SSSR count). The van der Waals surface area contributed by atoms with Crippen LogP contribution in [0.3, 0.4) is 0 Å². The van der Waals surface area contributed by atoms with Gasteiger partial charge in [-0.25, -0.2) is 4.79 Å². The molecule has 1 aliphatic rings. The Morgan fingerprint density at radius 1 is 0.969 bits per heavy atom. The highest BCUT2D eigenvalue weighted by molar-refractivity contribution is 6.36. The lowest BCUT2D eigenvalue weighted by Gasteiger charge is -2.10. The van der Waals surface area contributed by atoms with Gasteiger partial charge in [-0.05, 0) is 47.5 Å². The zero-order valence-electron chi connectivity index (χ0n) is 16.6. The smallest absolute Gasteiger partial charge is 0.331 e. The Labute approximate surface area is 199 Å². The molecule has 5 nitrogen and oxygen atoms in total. The number of ether oxygens (including phenoxy) is 3. The summed E-state index contributed by atoms with van der Waals surface area (Å²) in [7, 11) is 0. The lowest BCUT2D eigenvalue weighted by atomic mass is 10.0. The molecular formula is C24H17Cl3O5. The van der Waals surface area contributed by atoms with E-state index in [2.05, 4.69) is 0 Å². The molecule has 0 saturated carbocycles. The number of rotatable bonds is 7. The highest BCUT2D eigenvalue weighted by Crippen LogP contribution is 2.37. The maximum atomic E-state index is 11.8. The van der Waals surface area contributed by atoms with Crippen molar-refractivity contribution in [2.45, 2.75) is 13.0 Å². The van der Waals surface area contributed by atoms with Gasteiger partial charge in [0.05, 0.1) is 5.02 Å². The molecule has 0 fully saturated rings. The van der Waals surface area contributed by atoms with Crippen LogP contribution in [-0.2, 0) is 17.8 Å². The molecule has 8 heteroatoms. The SMILES string of the molecule is O=C(O)/C(=C/c1cc2c(cc1Cl)OCO2)Cc1ccc(OCc2c(Cl)cccc2Cl)cc1. The minimum absolute atomic E-state index is 0.113. The molecule has 1 aliphatic heterocycles. The third kappa shape index (κ3) is 5.13. The molecule has 0 radical (unpaired) electrons. The van der Waals surface area contributed by atoms with Gasteiger partial charge in [-0.1, -0.05) is 53.0 Å². The molecule has 0 saturated heterocycles. The van der Waals surface area contributed by atoms with Crippen molar-refractivity contribution in [3.8, 4) is 17.2 Å². The quantitative estimate of drug-likeness (QED) is 0.374. The van der Waals surface area contributed by atoms with Crippen LogP contribution in [0.2, 0.25) is 15.1 Å². The fourth-order valence-electron chi connectivity index (χ4n) is 3.17. The Morgan fingerprint density at radius 2 is 1.62 bits per heavy atom. The van der Waals surface area contributed by atoms with Crippen LogP contribution in [0.15, 0.2) is 60.2 Å². The van der Waals surface area contributed by atoms with Crippen LogP contribution < -0.4 is 14.2 Å². The van der Waals surface area contributed by atoms with E-state index in [0.29, 0.717) is 43.4 Å². The molecular weight excluding hydrogens is 475 g/mol. The molecule has 0 spiro atoms. The summed E-state index contributed by atoms with van der Waals surface area (Å²) in [4.78, 5) is 11.8. The number of carboxylic acid groups (broad SMARTS) is 1. The van der Waals surface area contributed by atoms with Gasteiger partial charge in [0.15, 0.2) is 11.5 Å². The van der Waals surface area contributed by atoms with Crippen LogP contribution in [0.5, 0.6) is 17.2 Å². The summed E-state index contributed by atoms with van der Waals surface area (Å²) in [5.74, 6) is 0.653. The Balaban J connectivity index is 1.47. The van der Waals surface area contributed by atoms with Gasteiger partial charge in [-0.2, -0.15) is 0 Å². The summed E-state index contributed by atoms with van der Waals surface area (Å²) < 4.78 is 16.4. The topological polar surface area (TPSA) is 65.0 Å². The van der Waals surface area contributed by atoms with Gasteiger partial charge in [0.2, 0.25) is 6.79 Å². The summed E-state index contributed by atoms with van der Waals surface area (Å²) in [6.07, 6.45) is 1.74. The van der Waals surface area contributed by atoms with Crippen molar-refractivity contribution >= 4 is 46.8 Å². The first-order valence-corrected chi connectivity index (χ1v) is 10.7. The highest BCUT2D eigenvalue weighted by atomic mass is 35.5. The Morgan fingerprint density at radius 3 is 2.28 bits per heavy atom. The molecule has 32 heavy (non-hydrogen) atoms. The first-order chi connectivity index (χ1) is 15.4. The third-order valence-corrected chi connectivity index (χ3v) is 5.89. The van der Waals surface area contributed by atoms with Crippen LogP contribution in [0, 0.1) is 0 Å². The van der Waals surface area contributed by atoms with E-state index < -0.39 is 5.97 Å². The van der Waals surface area contributed by atoms with Gasteiger partial charge in [0, 0.05) is 33.7 Å². The molecule has 0 unspecified atom stereocenters. The van der Waals surface area contributed by atoms with Gasteiger partial charge < -0.3 is 19.3 Å². The average molecular weight is 492 g/mol. The average Bonchev–Trinajstić information content (AvgIpc) is 3.21. The van der Waals surface area contributed by atoms with Crippen molar-refractivity contribution < 1.29 is 24.1 Å². The molecule has 0 aromatic heterocycles. The van der Waals surface area contributed by atoms with E-state index in [1.807, 2.05) is 12.1 Å². The normalized spacial score (nSPS) is 12.7. The second-order valence-corrected chi connectivity index (χ2v) is 8.23. The van der Waals surface area contributed by atoms with Crippen LogP contribution in [-0.4, -0.2) is 17.9 Å². The number of hydrogen-bond acceptors (Lipinski definition) is 4. The second kappa shape index (κ2) is 9.74. The van der Waals surface area contributed by atoms with Crippen molar-refractivity contribution in [2.75, 3.05) is 6.79 Å². The molecule has 164 valence electrons. The number of carbonyl (C=O) groups is 1. The maximum absolute atomic E-state index is 11.8. The monoisotopic (exact) mass is 490 g/mol. The van der Waals surface area contributed by atoms with E-state index in [9.17, 15) is 9.90 Å². The van der Waals surface area contributed by atoms with E-state index in [1.165, 1.54) is 6.08 Å². The number of hydrogen-bond donors (Lipinski definition) is 1. The van der Waals surface area contributed by atoms with E-state index >= 15 is 0 Å². The number of aliphatic carboxylic acids is 1. The van der Waals surface area contributed by atoms with E-state index in [0.717, 1.165) is 5.56 Å². The summed E-state index contributed by atoms with van der Waals surface area (Å²) in [5, 5.41) is 11.1. The van der Waals surface area contributed by atoms with E-state index in [-0.39, 0.29) is 25.4 Å². The van der Waals surface area contributed by atoms with Gasteiger partial charge in [0.25, 0.3) is 0 Å². The summed E-state index contributed by atoms with van der Waals surface area (Å²) in [5.41, 5.74) is 2.24. The predicted octanol–water partition coefficient (Wildman–Crippen LogP) is 6.67.